The average molecular weight is 318 g/mol. The van der Waals surface area contributed by atoms with Crippen LogP contribution in [0.2, 0.25) is 0 Å². The molecule has 0 aliphatic rings. The number of hydrogen-bond donors (Lipinski definition) is 6. The van der Waals surface area contributed by atoms with Gasteiger partial charge in [0.2, 0.25) is 0 Å². The number of rotatable bonds is 15. The zero-order valence-corrected chi connectivity index (χ0v) is 14.7. The van der Waals surface area contributed by atoms with Gasteiger partial charge in [0, 0.05) is 66.0 Å². The predicted molar refractivity (Wildman–Crippen MR) is 98.9 cm³/mol. The molecule has 8 N–H and O–H groups in total. The van der Waals surface area contributed by atoms with Crippen molar-refractivity contribution in [1.29, 1.82) is 0 Å². The summed E-state index contributed by atoms with van der Waals surface area (Å²) < 4.78 is 0. The third kappa shape index (κ3) is 27.7. The quantitative estimate of drug-likeness (QED) is 0.166. The minimum atomic E-state index is 0.706. The molecule has 134 valence electrons. The van der Waals surface area contributed by atoms with Gasteiger partial charge in [-0.15, -0.1) is 0 Å². The van der Waals surface area contributed by atoms with Crippen LogP contribution in [0.25, 0.3) is 0 Å². The number of nitrogens with two attached hydrogens (primary N) is 2. The molecule has 22 heavy (non-hydrogen) atoms. The second-order valence-corrected chi connectivity index (χ2v) is 4.81. The van der Waals surface area contributed by atoms with Crippen LogP contribution in [-0.2, 0) is 0 Å². The van der Waals surface area contributed by atoms with Crippen LogP contribution >= 0.6 is 0 Å². The highest BCUT2D eigenvalue weighted by Crippen LogP contribution is 1.72. The van der Waals surface area contributed by atoms with Gasteiger partial charge >= 0.3 is 0 Å². The molecule has 0 rings (SSSR count). The molecule has 0 atom stereocenters. The van der Waals surface area contributed by atoms with Gasteiger partial charge in [0.15, 0.2) is 0 Å². The monoisotopic (exact) mass is 317 g/mol. The summed E-state index contributed by atoms with van der Waals surface area (Å²) in [6.07, 6.45) is 4.20. The van der Waals surface area contributed by atoms with E-state index < -0.39 is 0 Å². The minimum absolute atomic E-state index is 0.706. The van der Waals surface area contributed by atoms with Gasteiger partial charge in [0.1, 0.15) is 0 Å². The van der Waals surface area contributed by atoms with Crippen LogP contribution in [0, 0.1) is 0 Å². The zero-order valence-electron chi connectivity index (χ0n) is 14.7. The summed E-state index contributed by atoms with van der Waals surface area (Å²) in [5.74, 6) is 0. The maximum atomic E-state index is 5.32. The molecular formula is C15H39N7. The first-order valence-electron chi connectivity index (χ1n) is 8.47. The van der Waals surface area contributed by atoms with Gasteiger partial charge in [0.05, 0.1) is 0 Å². The highest BCUT2D eigenvalue weighted by Gasteiger charge is 1.87. The lowest BCUT2D eigenvalue weighted by atomic mass is 10.4. The maximum Gasteiger partial charge on any atom is 0.0273 e. The van der Waals surface area contributed by atoms with Gasteiger partial charge < -0.3 is 37.7 Å². The van der Waals surface area contributed by atoms with Crippen LogP contribution in [0.15, 0.2) is 4.99 Å². The SMILES string of the molecule is CCCNCCC=NC.NCCNCCNCCNCCN. The molecule has 0 heterocycles. The fourth-order valence-corrected chi connectivity index (χ4v) is 1.53. The number of aliphatic imine (C=N–C) groups is 1. The smallest absolute Gasteiger partial charge is 0.0273 e. The average Bonchev–Trinajstić information content (AvgIpc) is 2.54. The molecule has 0 saturated heterocycles. The van der Waals surface area contributed by atoms with Crippen LogP contribution < -0.4 is 32.7 Å². The Balaban J connectivity index is 0. The van der Waals surface area contributed by atoms with Crippen molar-refractivity contribution in [3.05, 3.63) is 0 Å². The molecule has 0 aliphatic heterocycles. The lowest BCUT2D eigenvalue weighted by molar-refractivity contribution is 0.586. The standard InChI is InChI=1S/C8H23N5.C7H16N2/c9-1-3-11-5-7-13-8-6-12-4-2-10;1-3-5-9-7-4-6-8-2/h11-13H,1-10H2;6,9H,3-5,7H2,1-2H3. The van der Waals surface area contributed by atoms with Gasteiger partial charge in [-0.05, 0) is 25.6 Å². The van der Waals surface area contributed by atoms with Crippen molar-refractivity contribution in [3.63, 3.8) is 0 Å². The highest BCUT2D eigenvalue weighted by molar-refractivity contribution is 5.56. The van der Waals surface area contributed by atoms with E-state index >= 15 is 0 Å². The second-order valence-electron chi connectivity index (χ2n) is 4.81. The molecule has 0 aromatic rings. The van der Waals surface area contributed by atoms with Crippen LogP contribution in [0.3, 0.4) is 0 Å². The van der Waals surface area contributed by atoms with E-state index in [1.54, 1.807) is 7.05 Å². The van der Waals surface area contributed by atoms with Gasteiger partial charge in [-0.1, -0.05) is 6.92 Å². The van der Waals surface area contributed by atoms with Crippen LogP contribution in [0.5, 0.6) is 0 Å². The summed E-state index contributed by atoms with van der Waals surface area (Å²) in [6.45, 7) is 11.5. The molecule has 0 spiro atoms. The fraction of sp³-hybridized carbons (Fsp3) is 0.933. The van der Waals surface area contributed by atoms with E-state index in [2.05, 4.69) is 33.2 Å². The van der Waals surface area contributed by atoms with Gasteiger partial charge in [-0.3, -0.25) is 0 Å². The number of hydrogen-bond acceptors (Lipinski definition) is 7. The number of nitrogens with zero attached hydrogens (tertiary/aromatic N) is 1. The zero-order chi connectivity index (χ0) is 16.7. The predicted octanol–water partition coefficient (Wildman–Crippen LogP) is -1.25. The van der Waals surface area contributed by atoms with Crippen molar-refractivity contribution in [2.45, 2.75) is 19.8 Å². The van der Waals surface area contributed by atoms with E-state index in [9.17, 15) is 0 Å². The first-order chi connectivity index (χ1) is 10.8. The first kappa shape index (κ1) is 23.7. The van der Waals surface area contributed by atoms with E-state index in [0.29, 0.717) is 13.1 Å². The Morgan fingerprint density at radius 1 is 0.727 bits per heavy atom. The van der Waals surface area contributed by atoms with Crippen molar-refractivity contribution < 1.29 is 0 Å². The molecule has 0 aromatic carbocycles. The van der Waals surface area contributed by atoms with E-state index in [1.807, 2.05) is 6.21 Å². The summed E-state index contributed by atoms with van der Waals surface area (Å²) in [5, 5.41) is 13.0. The van der Waals surface area contributed by atoms with E-state index in [-0.39, 0.29) is 0 Å². The molecule has 7 heteroatoms. The van der Waals surface area contributed by atoms with E-state index in [1.165, 1.54) is 6.42 Å². The summed E-state index contributed by atoms with van der Waals surface area (Å²) in [6, 6.07) is 0. The van der Waals surface area contributed by atoms with Crippen molar-refractivity contribution in [2.75, 3.05) is 72.5 Å². The number of nitrogens with one attached hydrogen (secondary N) is 4. The summed E-state index contributed by atoms with van der Waals surface area (Å²) in [7, 11) is 1.81. The lowest BCUT2D eigenvalue weighted by Gasteiger charge is -2.06. The van der Waals surface area contributed by atoms with Crippen LogP contribution in [-0.4, -0.2) is 78.7 Å². The Hall–Kier alpha value is -0.570. The molecule has 0 fully saturated rings. The normalized spacial score (nSPS) is 10.7. The third-order valence-corrected chi connectivity index (χ3v) is 2.66. The first-order valence-corrected chi connectivity index (χ1v) is 8.47. The Morgan fingerprint density at radius 2 is 1.18 bits per heavy atom. The van der Waals surface area contributed by atoms with Crippen LogP contribution in [0.1, 0.15) is 19.8 Å². The molecule has 0 aliphatic carbocycles. The topological polar surface area (TPSA) is 113 Å². The molecule has 0 unspecified atom stereocenters. The summed E-state index contributed by atoms with van der Waals surface area (Å²) in [5.41, 5.74) is 10.6. The fourth-order valence-electron chi connectivity index (χ4n) is 1.53. The molecule has 7 nitrogen and oxygen atoms in total. The molecule has 0 saturated carbocycles. The molecule has 0 radical (unpaired) electrons. The van der Waals surface area contributed by atoms with E-state index in [4.69, 9.17) is 11.5 Å². The van der Waals surface area contributed by atoms with Crippen molar-refractivity contribution in [1.82, 2.24) is 21.3 Å². The Labute approximate surface area is 137 Å². The molecule has 0 aromatic heterocycles. The van der Waals surface area contributed by atoms with E-state index in [0.717, 1.165) is 58.8 Å². The molecular weight excluding hydrogens is 278 g/mol. The lowest BCUT2D eigenvalue weighted by Crippen LogP contribution is -2.35. The minimum Gasteiger partial charge on any atom is -0.329 e. The molecule has 0 amide bonds. The summed E-state index contributed by atoms with van der Waals surface area (Å²) >= 11 is 0. The Morgan fingerprint density at radius 3 is 1.59 bits per heavy atom. The van der Waals surface area contributed by atoms with Crippen LogP contribution in [0.4, 0.5) is 0 Å². The highest BCUT2D eigenvalue weighted by atomic mass is 15.0. The Bertz CT molecular complexity index is 190. The van der Waals surface area contributed by atoms with Crippen molar-refractivity contribution >= 4 is 6.21 Å². The van der Waals surface area contributed by atoms with Gasteiger partial charge in [-0.25, -0.2) is 0 Å². The van der Waals surface area contributed by atoms with Gasteiger partial charge in [-0.2, -0.15) is 0 Å². The van der Waals surface area contributed by atoms with Crippen molar-refractivity contribution in [3.8, 4) is 0 Å². The summed E-state index contributed by atoms with van der Waals surface area (Å²) in [4.78, 5) is 3.87. The van der Waals surface area contributed by atoms with Crippen molar-refractivity contribution in [2.24, 2.45) is 16.5 Å². The third-order valence-electron chi connectivity index (χ3n) is 2.66. The maximum absolute atomic E-state index is 5.32. The van der Waals surface area contributed by atoms with Gasteiger partial charge in [0.25, 0.3) is 0 Å². The second kappa shape index (κ2) is 25.4. The Kier molecular flexibility index (Phi) is 27.3. The largest absolute Gasteiger partial charge is 0.329 e. The molecule has 0 bridgehead atoms.